The third kappa shape index (κ3) is 0.561. The fourth-order valence-corrected chi connectivity index (χ4v) is 0.770. The van der Waals surface area contributed by atoms with E-state index in [1.54, 1.807) is 6.34 Å². The molecule has 0 aliphatic carbocycles. The molecule has 0 amide bonds. The van der Waals surface area contributed by atoms with E-state index in [1.807, 2.05) is 23.5 Å². The number of nitrogens with zero attached hydrogens (tertiary/aromatic N) is 2. The van der Waals surface area contributed by atoms with E-state index in [0.29, 0.717) is 0 Å². The van der Waals surface area contributed by atoms with Crippen molar-refractivity contribution in [2.24, 2.45) is 5.10 Å². The molecule has 2 heterocycles. The molecule has 0 spiro atoms. The average molecular weight is 122 g/mol. The van der Waals surface area contributed by atoms with Crippen LogP contribution < -0.4 is 10.9 Å². The van der Waals surface area contributed by atoms with Crippen molar-refractivity contribution in [2.75, 3.05) is 0 Å². The Kier molecular flexibility index (Phi) is 0.745. The number of fused-ring (bicyclic) bond motifs is 1. The molecule has 4 heteroatoms. The minimum Gasteiger partial charge on any atom is -0.300 e. The lowest BCUT2D eigenvalue weighted by Crippen LogP contribution is -2.30. The lowest BCUT2D eigenvalue weighted by molar-refractivity contribution is 0.477. The quantitative estimate of drug-likeness (QED) is 0.463. The van der Waals surface area contributed by atoms with Crippen molar-refractivity contribution in [3.05, 3.63) is 24.2 Å². The molecule has 0 aromatic carbocycles. The maximum atomic E-state index is 3.79. The average Bonchev–Trinajstić information content (AvgIpc) is 2.33. The fourth-order valence-electron chi connectivity index (χ4n) is 0.770. The van der Waals surface area contributed by atoms with Gasteiger partial charge < -0.3 is 5.43 Å². The van der Waals surface area contributed by atoms with Gasteiger partial charge >= 0.3 is 0 Å². The number of hydrazone groups is 1. The van der Waals surface area contributed by atoms with E-state index >= 15 is 0 Å². The standard InChI is InChI=1S/C5H6N4/c1-2-8-9-4-7-6-3-5(1)9/h1-4,6,8H. The molecule has 4 nitrogen and oxygen atoms in total. The summed E-state index contributed by atoms with van der Waals surface area (Å²) in [5.74, 6) is 0. The van der Waals surface area contributed by atoms with E-state index in [2.05, 4.69) is 16.0 Å². The summed E-state index contributed by atoms with van der Waals surface area (Å²) in [6.45, 7) is 0. The smallest absolute Gasteiger partial charge is 0.135 e. The molecule has 0 saturated heterocycles. The van der Waals surface area contributed by atoms with E-state index in [0.717, 1.165) is 5.70 Å². The third-order valence-electron chi connectivity index (χ3n) is 1.21. The highest BCUT2D eigenvalue weighted by Gasteiger charge is 2.09. The van der Waals surface area contributed by atoms with Crippen molar-refractivity contribution in [3.8, 4) is 0 Å². The summed E-state index contributed by atoms with van der Waals surface area (Å²) in [6.07, 6.45) is 7.30. The second-order valence-corrected chi connectivity index (χ2v) is 1.78. The minimum atomic E-state index is 1.07. The van der Waals surface area contributed by atoms with E-state index in [9.17, 15) is 0 Å². The van der Waals surface area contributed by atoms with E-state index in [-0.39, 0.29) is 0 Å². The number of hydrogen-bond donors (Lipinski definition) is 2. The Morgan fingerprint density at radius 3 is 3.44 bits per heavy atom. The molecule has 0 fully saturated rings. The van der Waals surface area contributed by atoms with Crippen LogP contribution in [0.25, 0.3) is 0 Å². The molecule has 0 atom stereocenters. The Labute approximate surface area is 52.5 Å². The van der Waals surface area contributed by atoms with Crippen LogP contribution >= 0.6 is 0 Å². The lowest BCUT2D eigenvalue weighted by Gasteiger charge is -2.16. The third-order valence-corrected chi connectivity index (χ3v) is 1.21. The molecule has 9 heavy (non-hydrogen) atoms. The summed E-state index contributed by atoms with van der Waals surface area (Å²) in [4.78, 5) is 0. The van der Waals surface area contributed by atoms with Crippen LogP contribution in [0.2, 0.25) is 0 Å². The molecular weight excluding hydrogens is 116 g/mol. The van der Waals surface area contributed by atoms with Crippen molar-refractivity contribution in [2.45, 2.75) is 0 Å². The number of rotatable bonds is 0. The van der Waals surface area contributed by atoms with Gasteiger partial charge in [0.15, 0.2) is 0 Å². The second kappa shape index (κ2) is 1.51. The van der Waals surface area contributed by atoms with Gasteiger partial charge in [-0.2, -0.15) is 5.10 Å². The Morgan fingerprint density at radius 2 is 2.56 bits per heavy atom. The molecule has 2 rings (SSSR count). The van der Waals surface area contributed by atoms with Gasteiger partial charge in [-0.05, 0) is 6.08 Å². The van der Waals surface area contributed by atoms with Crippen LogP contribution in [0.4, 0.5) is 0 Å². The number of hydrogen-bond acceptors (Lipinski definition) is 4. The predicted octanol–water partition coefficient (Wildman–Crippen LogP) is -0.292. The lowest BCUT2D eigenvalue weighted by atomic mass is 10.4. The van der Waals surface area contributed by atoms with Gasteiger partial charge in [0.05, 0.1) is 5.70 Å². The first-order chi connectivity index (χ1) is 4.47. The Bertz CT molecular complexity index is 203. The first-order valence-electron chi connectivity index (χ1n) is 2.68. The molecule has 0 radical (unpaired) electrons. The largest absolute Gasteiger partial charge is 0.300 e. The summed E-state index contributed by atoms with van der Waals surface area (Å²) < 4.78 is 0. The highest BCUT2D eigenvalue weighted by Crippen LogP contribution is 2.07. The summed E-state index contributed by atoms with van der Waals surface area (Å²) in [7, 11) is 0. The van der Waals surface area contributed by atoms with Crippen molar-refractivity contribution in [1.82, 2.24) is 15.9 Å². The number of hydrazine groups is 1. The minimum absolute atomic E-state index is 1.07. The molecule has 0 aromatic heterocycles. The normalized spacial score (nSPS) is 20.4. The first-order valence-corrected chi connectivity index (χ1v) is 2.68. The topological polar surface area (TPSA) is 39.7 Å². The van der Waals surface area contributed by atoms with Gasteiger partial charge in [0.25, 0.3) is 0 Å². The van der Waals surface area contributed by atoms with Gasteiger partial charge in [-0.25, -0.2) is 5.01 Å². The van der Waals surface area contributed by atoms with Crippen LogP contribution in [0, 0.1) is 0 Å². The van der Waals surface area contributed by atoms with Gasteiger partial charge in [0.2, 0.25) is 0 Å². The van der Waals surface area contributed by atoms with Crippen LogP contribution in [0.5, 0.6) is 0 Å². The summed E-state index contributed by atoms with van der Waals surface area (Å²) in [5, 5.41) is 5.61. The van der Waals surface area contributed by atoms with Crippen molar-refractivity contribution < 1.29 is 0 Å². The first kappa shape index (κ1) is 4.43. The van der Waals surface area contributed by atoms with E-state index in [4.69, 9.17) is 0 Å². The molecule has 46 valence electrons. The monoisotopic (exact) mass is 122 g/mol. The summed E-state index contributed by atoms with van der Waals surface area (Å²) in [6, 6.07) is 0. The number of allylic oxidation sites excluding steroid dienone is 1. The Morgan fingerprint density at radius 1 is 1.56 bits per heavy atom. The molecular formula is C5H6N4. The molecule has 2 aliphatic heterocycles. The van der Waals surface area contributed by atoms with E-state index in [1.165, 1.54) is 0 Å². The fraction of sp³-hybridized carbons (Fsp3) is 0. The Hall–Kier alpha value is -1.45. The van der Waals surface area contributed by atoms with Crippen molar-refractivity contribution in [3.63, 3.8) is 0 Å². The molecule has 0 unspecified atom stereocenters. The van der Waals surface area contributed by atoms with Gasteiger partial charge in [0.1, 0.15) is 6.34 Å². The van der Waals surface area contributed by atoms with Crippen molar-refractivity contribution >= 4 is 6.34 Å². The molecule has 2 aliphatic rings. The Balaban J connectivity index is 2.29. The van der Waals surface area contributed by atoms with Crippen LogP contribution in [0.15, 0.2) is 29.3 Å². The molecule has 0 saturated carbocycles. The molecule has 2 N–H and O–H groups in total. The highest BCUT2D eigenvalue weighted by atomic mass is 15.6. The maximum Gasteiger partial charge on any atom is 0.135 e. The highest BCUT2D eigenvalue weighted by molar-refractivity contribution is 5.60. The van der Waals surface area contributed by atoms with Gasteiger partial charge in [-0.3, -0.25) is 5.43 Å². The molecule has 0 bridgehead atoms. The zero-order valence-electron chi connectivity index (χ0n) is 4.70. The molecule has 0 aromatic rings. The summed E-state index contributed by atoms with van der Waals surface area (Å²) in [5.41, 5.74) is 6.76. The predicted molar refractivity (Wildman–Crippen MR) is 33.8 cm³/mol. The summed E-state index contributed by atoms with van der Waals surface area (Å²) >= 11 is 0. The zero-order chi connectivity index (χ0) is 6.10. The van der Waals surface area contributed by atoms with Crippen LogP contribution in [0.3, 0.4) is 0 Å². The van der Waals surface area contributed by atoms with Gasteiger partial charge in [-0.1, -0.05) is 0 Å². The van der Waals surface area contributed by atoms with Crippen LogP contribution in [-0.2, 0) is 0 Å². The van der Waals surface area contributed by atoms with Gasteiger partial charge in [-0.15, -0.1) is 0 Å². The zero-order valence-corrected chi connectivity index (χ0v) is 4.70. The SMILES string of the molecule is C1=CC2=CNN=CN2N1. The van der Waals surface area contributed by atoms with Crippen LogP contribution in [0.1, 0.15) is 0 Å². The van der Waals surface area contributed by atoms with E-state index < -0.39 is 0 Å². The maximum absolute atomic E-state index is 3.79. The number of nitrogens with one attached hydrogen (secondary N) is 2. The second-order valence-electron chi connectivity index (χ2n) is 1.78. The van der Waals surface area contributed by atoms with Crippen molar-refractivity contribution in [1.29, 1.82) is 0 Å². The van der Waals surface area contributed by atoms with Gasteiger partial charge in [0, 0.05) is 12.4 Å². The van der Waals surface area contributed by atoms with Crippen LogP contribution in [-0.4, -0.2) is 11.3 Å².